The summed E-state index contributed by atoms with van der Waals surface area (Å²) in [5, 5.41) is 2.85. The molecule has 4 nitrogen and oxygen atoms in total. The fourth-order valence-electron chi connectivity index (χ4n) is 1.58. The molecule has 1 aromatic heterocycles. The first-order valence-corrected chi connectivity index (χ1v) is 7.24. The number of amides is 1. The maximum absolute atomic E-state index is 12.1. The lowest BCUT2D eigenvalue weighted by Crippen LogP contribution is -2.27. The number of rotatable bonds is 3. The number of aryl methyl sites for hydroxylation is 1. The van der Waals surface area contributed by atoms with Gasteiger partial charge in [-0.2, -0.15) is 0 Å². The van der Waals surface area contributed by atoms with E-state index in [4.69, 9.17) is 4.42 Å². The Kier molecular flexibility index (Phi) is 4.42. The van der Waals surface area contributed by atoms with E-state index >= 15 is 0 Å². The molecule has 1 atom stereocenters. The van der Waals surface area contributed by atoms with Gasteiger partial charge >= 0.3 is 0 Å². The van der Waals surface area contributed by atoms with Gasteiger partial charge < -0.3 is 9.73 Å². The van der Waals surface area contributed by atoms with Crippen molar-refractivity contribution in [2.75, 3.05) is 0 Å². The standard InChI is InChI=1S/C13H12Br2N2O2/c1-7-6-16-13(19-7)8(2)17-12(18)10-4-3-9(14)5-11(10)15/h3-6,8H,1-2H3,(H,17,18). The summed E-state index contributed by atoms with van der Waals surface area (Å²) >= 11 is 6.72. The summed E-state index contributed by atoms with van der Waals surface area (Å²) < 4.78 is 7.03. The molecule has 6 heteroatoms. The van der Waals surface area contributed by atoms with Crippen molar-refractivity contribution in [1.82, 2.24) is 10.3 Å². The highest BCUT2D eigenvalue weighted by molar-refractivity contribution is 9.11. The van der Waals surface area contributed by atoms with E-state index in [1.807, 2.05) is 26.0 Å². The third-order valence-corrected chi connectivity index (χ3v) is 3.68. The van der Waals surface area contributed by atoms with Gasteiger partial charge in [-0.25, -0.2) is 4.98 Å². The van der Waals surface area contributed by atoms with Crippen LogP contribution in [0.25, 0.3) is 0 Å². The van der Waals surface area contributed by atoms with E-state index in [0.29, 0.717) is 11.5 Å². The summed E-state index contributed by atoms with van der Waals surface area (Å²) in [7, 11) is 0. The SMILES string of the molecule is Cc1cnc(C(C)NC(=O)c2ccc(Br)cc2Br)o1. The number of carbonyl (C=O) groups excluding carboxylic acids is 1. The van der Waals surface area contributed by atoms with Crippen LogP contribution in [0.1, 0.15) is 35.0 Å². The minimum atomic E-state index is -0.281. The largest absolute Gasteiger partial charge is 0.444 e. The first-order chi connectivity index (χ1) is 8.97. The van der Waals surface area contributed by atoms with Gasteiger partial charge in [0.15, 0.2) is 0 Å². The number of halogens is 2. The molecule has 19 heavy (non-hydrogen) atoms. The van der Waals surface area contributed by atoms with Gasteiger partial charge in [-0.05, 0) is 48.0 Å². The van der Waals surface area contributed by atoms with E-state index in [0.717, 1.165) is 14.7 Å². The van der Waals surface area contributed by atoms with Crippen LogP contribution in [0.15, 0.2) is 37.8 Å². The molecule has 0 radical (unpaired) electrons. The van der Waals surface area contributed by atoms with Gasteiger partial charge in [0.25, 0.3) is 5.91 Å². The Morgan fingerprint density at radius 3 is 2.74 bits per heavy atom. The predicted octanol–water partition coefficient (Wildman–Crippen LogP) is 4.00. The Hall–Kier alpha value is -1.14. The van der Waals surface area contributed by atoms with Crippen LogP contribution in [0.4, 0.5) is 0 Å². The highest BCUT2D eigenvalue weighted by Gasteiger charge is 2.17. The third-order valence-electron chi connectivity index (χ3n) is 2.53. The van der Waals surface area contributed by atoms with Crippen molar-refractivity contribution >= 4 is 37.8 Å². The molecule has 1 heterocycles. The molecule has 2 aromatic rings. The number of nitrogens with zero attached hydrogens (tertiary/aromatic N) is 1. The lowest BCUT2D eigenvalue weighted by molar-refractivity contribution is 0.0933. The van der Waals surface area contributed by atoms with Gasteiger partial charge in [0.05, 0.1) is 11.8 Å². The maximum atomic E-state index is 12.1. The molecule has 1 aromatic carbocycles. The van der Waals surface area contributed by atoms with Gasteiger partial charge in [0.2, 0.25) is 5.89 Å². The molecule has 0 aliphatic carbocycles. The lowest BCUT2D eigenvalue weighted by Gasteiger charge is -2.11. The van der Waals surface area contributed by atoms with Crippen molar-refractivity contribution in [3.8, 4) is 0 Å². The Morgan fingerprint density at radius 1 is 1.42 bits per heavy atom. The van der Waals surface area contributed by atoms with E-state index in [9.17, 15) is 4.79 Å². The zero-order valence-electron chi connectivity index (χ0n) is 10.4. The van der Waals surface area contributed by atoms with Crippen LogP contribution in [-0.4, -0.2) is 10.9 Å². The second-order valence-corrected chi connectivity index (χ2v) is 5.90. The molecule has 100 valence electrons. The van der Waals surface area contributed by atoms with E-state index in [-0.39, 0.29) is 11.9 Å². The summed E-state index contributed by atoms with van der Waals surface area (Å²) in [6.45, 7) is 3.65. The van der Waals surface area contributed by atoms with Crippen LogP contribution in [0.2, 0.25) is 0 Å². The molecule has 0 bridgehead atoms. The van der Waals surface area contributed by atoms with Crippen molar-refractivity contribution in [1.29, 1.82) is 0 Å². The molecular weight excluding hydrogens is 376 g/mol. The fraction of sp³-hybridized carbons (Fsp3) is 0.231. The molecule has 0 spiro atoms. The number of hydrogen-bond acceptors (Lipinski definition) is 3. The summed E-state index contributed by atoms with van der Waals surface area (Å²) in [5.41, 5.74) is 0.568. The molecule has 0 fully saturated rings. The minimum absolute atomic E-state index is 0.178. The van der Waals surface area contributed by atoms with Crippen molar-refractivity contribution in [2.24, 2.45) is 0 Å². The number of carbonyl (C=O) groups is 1. The zero-order chi connectivity index (χ0) is 14.0. The van der Waals surface area contributed by atoms with Crippen LogP contribution in [0, 0.1) is 6.92 Å². The van der Waals surface area contributed by atoms with Gasteiger partial charge in [0, 0.05) is 8.95 Å². The molecule has 0 aliphatic heterocycles. The number of nitrogens with one attached hydrogen (secondary N) is 1. The van der Waals surface area contributed by atoms with E-state index < -0.39 is 0 Å². The Balaban J connectivity index is 2.12. The normalized spacial score (nSPS) is 12.2. The van der Waals surface area contributed by atoms with Crippen LogP contribution < -0.4 is 5.32 Å². The smallest absolute Gasteiger partial charge is 0.253 e. The zero-order valence-corrected chi connectivity index (χ0v) is 13.6. The molecule has 1 amide bonds. The number of hydrogen-bond donors (Lipinski definition) is 1. The lowest BCUT2D eigenvalue weighted by atomic mass is 10.2. The molecule has 0 saturated heterocycles. The average molecular weight is 388 g/mol. The van der Waals surface area contributed by atoms with Gasteiger partial charge in [-0.3, -0.25) is 4.79 Å². The van der Waals surface area contributed by atoms with Crippen LogP contribution in [-0.2, 0) is 0 Å². The van der Waals surface area contributed by atoms with Gasteiger partial charge in [-0.15, -0.1) is 0 Å². The van der Waals surface area contributed by atoms with Crippen LogP contribution in [0.5, 0.6) is 0 Å². The number of aromatic nitrogens is 1. The molecule has 0 aliphatic rings. The van der Waals surface area contributed by atoms with E-state index in [1.54, 1.807) is 12.3 Å². The quantitative estimate of drug-likeness (QED) is 0.865. The van der Waals surface area contributed by atoms with Crippen LogP contribution >= 0.6 is 31.9 Å². The third kappa shape index (κ3) is 3.45. The monoisotopic (exact) mass is 386 g/mol. The predicted molar refractivity (Wildman–Crippen MR) is 79.0 cm³/mol. The maximum Gasteiger partial charge on any atom is 0.253 e. The summed E-state index contributed by atoms with van der Waals surface area (Å²) in [6, 6.07) is 5.11. The Morgan fingerprint density at radius 2 is 2.16 bits per heavy atom. The number of oxazole rings is 1. The first kappa shape index (κ1) is 14.3. The minimum Gasteiger partial charge on any atom is -0.444 e. The van der Waals surface area contributed by atoms with Crippen molar-refractivity contribution in [2.45, 2.75) is 19.9 Å². The Bertz CT molecular complexity index is 610. The molecule has 0 saturated carbocycles. The van der Waals surface area contributed by atoms with Gasteiger partial charge in [0.1, 0.15) is 11.8 Å². The molecular formula is C13H12Br2N2O2. The summed E-state index contributed by atoms with van der Waals surface area (Å²) in [4.78, 5) is 16.2. The molecule has 1 N–H and O–H groups in total. The van der Waals surface area contributed by atoms with E-state index in [2.05, 4.69) is 42.2 Å². The van der Waals surface area contributed by atoms with Crippen LogP contribution in [0.3, 0.4) is 0 Å². The molecule has 1 unspecified atom stereocenters. The summed E-state index contributed by atoms with van der Waals surface area (Å²) in [5.74, 6) is 1.04. The Labute approximate surface area is 127 Å². The first-order valence-electron chi connectivity index (χ1n) is 5.65. The van der Waals surface area contributed by atoms with Crippen molar-refractivity contribution in [3.05, 3.63) is 50.6 Å². The van der Waals surface area contributed by atoms with E-state index in [1.165, 1.54) is 0 Å². The highest BCUT2D eigenvalue weighted by Crippen LogP contribution is 2.22. The fourth-order valence-corrected chi connectivity index (χ4v) is 2.81. The van der Waals surface area contributed by atoms with Crippen molar-refractivity contribution in [3.63, 3.8) is 0 Å². The summed E-state index contributed by atoms with van der Waals surface area (Å²) in [6.07, 6.45) is 1.63. The average Bonchev–Trinajstić information content (AvgIpc) is 2.75. The number of benzene rings is 1. The highest BCUT2D eigenvalue weighted by atomic mass is 79.9. The molecule has 2 rings (SSSR count). The second kappa shape index (κ2) is 5.88. The van der Waals surface area contributed by atoms with Gasteiger partial charge in [-0.1, -0.05) is 15.9 Å². The second-order valence-electron chi connectivity index (χ2n) is 4.13. The van der Waals surface area contributed by atoms with Crippen molar-refractivity contribution < 1.29 is 9.21 Å². The topological polar surface area (TPSA) is 55.1 Å².